The van der Waals surface area contributed by atoms with Gasteiger partial charge in [0.1, 0.15) is 0 Å². The van der Waals surface area contributed by atoms with Crippen LogP contribution in [0, 0.1) is 12.3 Å². The van der Waals surface area contributed by atoms with Gasteiger partial charge in [0.15, 0.2) is 0 Å². The minimum Gasteiger partial charge on any atom is -0.350 e. The second kappa shape index (κ2) is 7.44. The van der Waals surface area contributed by atoms with Crippen molar-refractivity contribution in [3.8, 4) is 0 Å². The zero-order valence-electron chi connectivity index (χ0n) is 13.2. The Hall–Kier alpha value is -1.35. The van der Waals surface area contributed by atoms with Crippen molar-refractivity contribution in [3.05, 3.63) is 35.4 Å². The second-order valence-corrected chi connectivity index (χ2v) is 6.40. The number of rotatable bonds is 7. The molecule has 0 bridgehead atoms. The van der Waals surface area contributed by atoms with Gasteiger partial charge in [-0.25, -0.2) is 0 Å². The molecular weight excluding hydrogens is 248 g/mol. The molecule has 1 amide bonds. The highest BCUT2D eigenvalue weighted by molar-refractivity contribution is 5.76. The van der Waals surface area contributed by atoms with Crippen LogP contribution in [0.3, 0.4) is 0 Å². The van der Waals surface area contributed by atoms with Crippen molar-refractivity contribution in [2.45, 2.75) is 53.0 Å². The Morgan fingerprint density at radius 3 is 2.40 bits per heavy atom. The Bertz CT molecular complexity index is 423. The normalized spacial score (nSPS) is 13.1. The van der Waals surface area contributed by atoms with E-state index in [2.05, 4.69) is 50.4 Å². The van der Waals surface area contributed by atoms with Crippen LogP contribution < -0.4 is 11.1 Å². The molecule has 3 nitrogen and oxygen atoms in total. The summed E-state index contributed by atoms with van der Waals surface area (Å²) in [5, 5.41) is 3.06. The molecule has 3 heteroatoms. The van der Waals surface area contributed by atoms with Crippen LogP contribution in [0.2, 0.25) is 0 Å². The monoisotopic (exact) mass is 276 g/mol. The van der Waals surface area contributed by atoms with Gasteiger partial charge in [-0.05, 0) is 44.2 Å². The lowest BCUT2D eigenvalue weighted by molar-refractivity contribution is -0.122. The summed E-state index contributed by atoms with van der Waals surface area (Å²) < 4.78 is 0. The summed E-state index contributed by atoms with van der Waals surface area (Å²) in [4.78, 5) is 12.0. The van der Waals surface area contributed by atoms with E-state index in [9.17, 15) is 4.79 Å². The van der Waals surface area contributed by atoms with Crippen molar-refractivity contribution in [1.82, 2.24) is 5.32 Å². The van der Waals surface area contributed by atoms with E-state index in [-0.39, 0.29) is 17.4 Å². The Kier molecular flexibility index (Phi) is 6.21. The van der Waals surface area contributed by atoms with Crippen molar-refractivity contribution < 1.29 is 4.79 Å². The minimum absolute atomic E-state index is 0.0562. The summed E-state index contributed by atoms with van der Waals surface area (Å²) in [5.41, 5.74) is 8.10. The number of nitrogens with two attached hydrogens (primary N) is 1. The molecule has 0 aliphatic heterocycles. The maximum absolute atomic E-state index is 12.0. The van der Waals surface area contributed by atoms with Gasteiger partial charge in [-0.2, -0.15) is 0 Å². The van der Waals surface area contributed by atoms with Gasteiger partial charge in [-0.1, -0.05) is 43.7 Å². The number of amides is 1. The Labute approximate surface area is 122 Å². The van der Waals surface area contributed by atoms with Crippen LogP contribution >= 0.6 is 0 Å². The summed E-state index contributed by atoms with van der Waals surface area (Å²) >= 11 is 0. The molecule has 1 atom stereocenters. The summed E-state index contributed by atoms with van der Waals surface area (Å²) in [5.74, 6) is 0.114. The van der Waals surface area contributed by atoms with Gasteiger partial charge in [-0.15, -0.1) is 0 Å². The summed E-state index contributed by atoms with van der Waals surface area (Å²) in [7, 11) is 0. The Morgan fingerprint density at radius 2 is 1.85 bits per heavy atom. The van der Waals surface area contributed by atoms with Gasteiger partial charge in [0.2, 0.25) is 5.91 Å². The smallest absolute Gasteiger partial charge is 0.220 e. The number of carbonyl (C=O) groups excluding carboxylic acids is 1. The average molecular weight is 276 g/mol. The Balaban J connectivity index is 2.44. The highest BCUT2D eigenvalue weighted by Crippen LogP contribution is 2.26. The van der Waals surface area contributed by atoms with Crippen molar-refractivity contribution >= 4 is 5.91 Å². The van der Waals surface area contributed by atoms with Crippen LogP contribution in [0.25, 0.3) is 0 Å². The second-order valence-electron chi connectivity index (χ2n) is 6.40. The maximum atomic E-state index is 12.0. The Morgan fingerprint density at radius 1 is 1.25 bits per heavy atom. The number of aryl methyl sites for hydroxylation is 1. The van der Waals surface area contributed by atoms with Crippen molar-refractivity contribution in [3.63, 3.8) is 0 Å². The van der Waals surface area contributed by atoms with E-state index in [4.69, 9.17) is 5.73 Å². The molecule has 0 aromatic heterocycles. The van der Waals surface area contributed by atoms with Crippen LogP contribution in [0.1, 0.15) is 57.2 Å². The molecule has 0 aliphatic rings. The average Bonchev–Trinajstić information content (AvgIpc) is 2.37. The zero-order chi connectivity index (χ0) is 15.2. The molecule has 0 saturated carbocycles. The number of nitrogens with one attached hydrogen (secondary N) is 1. The predicted octanol–water partition coefficient (Wildman–Crippen LogP) is 3.33. The summed E-state index contributed by atoms with van der Waals surface area (Å²) in [6.45, 7) is 9.08. The SMILES string of the molecule is Cc1ccc([C@H](C)NC(=O)CCC(C)(C)CCN)cc1. The molecule has 1 rings (SSSR count). The first-order valence-electron chi connectivity index (χ1n) is 7.40. The summed E-state index contributed by atoms with van der Waals surface area (Å²) in [6, 6.07) is 8.34. The van der Waals surface area contributed by atoms with E-state index >= 15 is 0 Å². The molecule has 0 unspecified atom stereocenters. The molecule has 0 heterocycles. The quantitative estimate of drug-likeness (QED) is 0.802. The lowest BCUT2D eigenvalue weighted by Crippen LogP contribution is -2.28. The first kappa shape index (κ1) is 16.7. The van der Waals surface area contributed by atoms with Crippen LogP contribution in [-0.2, 0) is 4.79 Å². The molecule has 0 fully saturated rings. The number of hydrogen-bond acceptors (Lipinski definition) is 2. The van der Waals surface area contributed by atoms with Gasteiger partial charge in [0.05, 0.1) is 6.04 Å². The van der Waals surface area contributed by atoms with Gasteiger partial charge >= 0.3 is 0 Å². The molecule has 1 aromatic rings. The third-order valence-corrected chi connectivity index (χ3v) is 3.80. The number of hydrogen-bond donors (Lipinski definition) is 2. The fraction of sp³-hybridized carbons (Fsp3) is 0.588. The van der Waals surface area contributed by atoms with E-state index in [1.54, 1.807) is 0 Å². The number of carbonyl (C=O) groups is 1. The molecule has 0 radical (unpaired) electrons. The van der Waals surface area contributed by atoms with Gasteiger partial charge in [0, 0.05) is 6.42 Å². The first-order valence-corrected chi connectivity index (χ1v) is 7.40. The number of benzene rings is 1. The highest BCUT2D eigenvalue weighted by atomic mass is 16.1. The molecule has 0 spiro atoms. The first-order chi connectivity index (χ1) is 9.34. The standard InChI is InChI=1S/C17H28N2O/c1-13-5-7-15(8-6-13)14(2)19-16(20)9-10-17(3,4)11-12-18/h5-8,14H,9-12,18H2,1-4H3,(H,19,20)/t14-/m0/s1. The van der Waals surface area contributed by atoms with Crippen LogP contribution in [0.5, 0.6) is 0 Å². The summed E-state index contributed by atoms with van der Waals surface area (Å²) in [6.07, 6.45) is 2.38. The molecule has 0 saturated heterocycles. The fourth-order valence-electron chi connectivity index (χ4n) is 2.22. The van der Waals surface area contributed by atoms with E-state index in [0.29, 0.717) is 13.0 Å². The van der Waals surface area contributed by atoms with Crippen LogP contribution in [-0.4, -0.2) is 12.5 Å². The van der Waals surface area contributed by atoms with Gasteiger partial charge in [0.25, 0.3) is 0 Å². The van der Waals surface area contributed by atoms with Crippen molar-refractivity contribution in [1.29, 1.82) is 0 Å². The van der Waals surface area contributed by atoms with Gasteiger partial charge < -0.3 is 11.1 Å². The largest absolute Gasteiger partial charge is 0.350 e. The third-order valence-electron chi connectivity index (χ3n) is 3.80. The van der Waals surface area contributed by atoms with E-state index in [1.165, 1.54) is 5.56 Å². The van der Waals surface area contributed by atoms with Crippen LogP contribution in [0.4, 0.5) is 0 Å². The fourth-order valence-corrected chi connectivity index (χ4v) is 2.22. The molecule has 0 aliphatic carbocycles. The van der Waals surface area contributed by atoms with E-state index < -0.39 is 0 Å². The predicted molar refractivity (Wildman–Crippen MR) is 84.4 cm³/mol. The molecule has 112 valence electrons. The molecule has 3 N–H and O–H groups in total. The maximum Gasteiger partial charge on any atom is 0.220 e. The van der Waals surface area contributed by atoms with E-state index in [0.717, 1.165) is 18.4 Å². The minimum atomic E-state index is 0.0562. The van der Waals surface area contributed by atoms with E-state index in [1.807, 2.05) is 6.92 Å². The zero-order valence-corrected chi connectivity index (χ0v) is 13.2. The third kappa shape index (κ3) is 5.74. The van der Waals surface area contributed by atoms with Crippen LogP contribution in [0.15, 0.2) is 24.3 Å². The topological polar surface area (TPSA) is 55.1 Å². The van der Waals surface area contributed by atoms with Gasteiger partial charge in [-0.3, -0.25) is 4.79 Å². The van der Waals surface area contributed by atoms with Crippen molar-refractivity contribution in [2.24, 2.45) is 11.1 Å². The lowest BCUT2D eigenvalue weighted by atomic mass is 9.84. The van der Waals surface area contributed by atoms with Crippen molar-refractivity contribution in [2.75, 3.05) is 6.54 Å². The molecule has 1 aromatic carbocycles. The highest BCUT2D eigenvalue weighted by Gasteiger charge is 2.19. The molecule has 20 heavy (non-hydrogen) atoms. The lowest BCUT2D eigenvalue weighted by Gasteiger charge is -2.24. The molecular formula is C17H28N2O.